The smallest absolute Gasteiger partial charge is 0.338 e. The molecule has 27 heavy (non-hydrogen) atoms. The summed E-state index contributed by atoms with van der Waals surface area (Å²) in [6.45, 7) is 0.797. The van der Waals surface area contributed by atoms with E-state index in [4.69, 9.17) is 9.88 Å². The fourth-order valence-corrected chi connectivity index (χ4v) is 2.61. The van der Waals surface area contributed by atoms with Crippen LogP contribution in [0.2, 0.25) is 0 Å². The van der Waals surface area contributed by atoms with Gasteiger partial charge in [0.15, 0.2) is 6.61 Å². The quantitative estimate of drug-likeness (QED) is 0.629. The predicted octanol–water partition coefficient (Wildman–Crippen LogP) is 1.09. The average molecular weight is 391 g/mol. The summed E-state index contributed by atoms with van der Waals surface area (Å²) in [6.07, 6.45) is 0. The summed E-state index contributed by atoms with van der Waals surface area (Å²) < 4.78 is 27.5. The molecule has 2 aromatic carbocycles. The molecule has 0 aliphatic heterocycles. The lowest BCUT2D eigenvalue weighted by molar-refractivity contribution is -0.119. The van der Waals surface area contributed by atoms with Crippen molar-refractivity contribution in [3.8, 4) is 0 Å². The molecule has 4 N–H and O–H groups in total. The molecule has 2 amide bonds. The molecule has 0 heterocycles. The number of rotatable bonds is 6. The number of nitrogens with one attached hydrogen (secondary N) is 2. The number of amides is 2. The Morgan fingerprint density at radius 2 is 1.67 bits per heavy atom. The standard InChI is InChI=1S/C17H17N3O6S/c1-11(21)19-13-7-5-12(6-8-13)17(23)26-10-16(22)20-14-3-2-4-15(9-14)27(18,24)25/h2-9H,10H2,1H3,(H,19,21)(H,20,22)(H2,18,24,25). The van der Waals surface area contributed by atoms with Gasteiger partial charge >= 0.3 is 5.97 Å². The largest absolute Gasteiger partial charge is 0.452 e. The van der Waals surface area contributed by atoms with E-state index in [2.05, 4.69) is 10.6 Å². The number of hydrogen-bond acceptors (Lipinski definition) is 6. The second kappa shape index (κ2) is 8.43. The maximum Gasteiger partial charge on any atom is 0.338 e. The molecule has 0 atom stereocenters. The van der Waals surface area contributed by atoms with Crippen LogP contribution in [0.15, 0.2) is 53.4 Å². The first-order valence-electron chi connectivity index (χ1n) is 7.62. The third-order valence-corrected chi connectivity index (χ3v) is 4.13. The second-order valence-electron chi connectivity index (χ2n) is 5.46. The van der Waals surface area contributed by atoms with Crippen LogP contribution in [0.25, 0.3) is 0 Å². The van der Waals surface area contributed by atoms with E-state index in [1.165, 1.54) is 55.5 Å². The van der Waals surface area contributed by atoms with E-state index in [0.29, 0.717) is 5.69 Å². The molecule has 2 rings (SSSR count). The minimum Gasteiger partial charge on any atom is -0.452 e. The van der Waals surface area contributed by atoms with Gasteiger partial charge in [-0.05, 0) is 42.5 Å². The summed E-state index contributed by atoms with van der Waals surface area (Å²) in [4.78, 5) is 34.6. The number of carbonyl (C=O) groups excluding carboxylic acids is 3. The number of esters is 1. The van der Waals surface area contributed by atoms with Crippen molar-refractivity contribution in [1.29, 1.82) is 0 Å². The third-order valence-electron chi connectivity index (χ3n) is 3.22. The van der Waals surface area contributed by atoms with Crippen LogP contribution in [0, 0.1) is 0 Å². The van der Waals surface area contributed by atoms with Gasteiger partial charge in [0.2, 0.25) is 15.9 Å². The summed E-state index contributed by atoms with van der Waals surface area (Å²) in [6, 6.07) is 11.3. The molecule has 0 unspecified atom stereocenters. The van der Waals surface area contributed by atoms with Crippen molar-refractivity contribution in [3.05, 3.63) is 54.1 Å². The van der Waals surface area contributed by atoms with Crippen molar-refractivity contribution < 1.29 is 27.5 Å². The lowest BCUT2D eigenvalue weighted by Gasteiger charge is -2.08. The van der Waals surface area contributed by atoms with Gasteiger partial charge in [0.25, 0.3) is 5.91 Å². The van der Waals surface area contributed by atoms with Crippen molar-refractivity contribution in [3.63, 3.8) is 0 Å². The van der Waals surface area contributed by atoms with Crippen LogP contribution in [0.3, 0.4) is 0 Å². The number of primary sulfonamides is 1. The Bertz CT molecular complexity index is 970. The van der Waals surface area contributed by atoms with Gasteiger partial charge in [-0.15, -0.1) is 0 Å². The van der Waals surface area contributed by atoms with Crippen LogP contribution in [-0.2, 0) is 24.3 Å². The fourth-order valence-electron chi connectivity index (χ4n) is 2.06. The SMILES string of the molecule is CC(=O)Nc1ccc(C(=O)OCC(=O)Nc2cccc(S(N)(=O)=O)c2)cc1. The molecule has 0 radical (unpaired) electrons. The van der Waals surface area contributed by atoms with Gasteiger partial charge < -0.3 is 15.4 Å². The highest BCUT2D eigenvalue weighted by molar-refractivity contribution is 7.89. The number of nitrogens with two attached hydrogens (primary N) is 1. The fraction of sp³-hybridized carbons (Fsp3) is 0.118. The maximum absolute atomic E-state index is 11.9. The Labute approximate surface area is 155 Å². The molecule has 142 valence electrons. The number of benzene rings is 2. The number of anilines is 2. The Kier molecular flexibility index (Phi) is 6.27. The highest BCUT2D eigenvalue weighted by atomic mass is 32.2. The topological polar surface area (TPSA) is 145 Å². The van der Waals surface area contributed by atoms with Crippen LogP contribution in [0.5, 0.6) is 0 Å². The Balaban J connectivity index is 1.91. The molecule has 0 spiro atoms. The Morgan fingerprint density at radius 1 is 1.00 bits per heavy atom. The molecule has 0 aliphatic carbocycles. The monoisotopic (exact) mass is 391 g/mol. The first-order valence-corrected chi connectivity index (χ1v) is 9.17. The van der Waals surface area contributed by atoms with Gasteiger partial charge in [0.05, 0.1) is 10.5 Å². The predicted molar refractivity (Wildman–Crippen MR) is 97.5 cm³/mol. The molecule has 0 fully saturated rings. The van der Waals surface area contributed by atoms with Gasteiger partial charge in [-0.2, -0.15) is 0 Å². The number of ether oxygens (including phenoxy) is 1. The first-order chi connectivity index (χ1) is 12.6. The zero-order valence-corrected chi connectivity index (χ0v) is 15.1. The highest BCUT2D eigenvalue weighted by Gasteiger charge is 2.12. The van der Waals surface area contributed by atoms with E-state index in [1.54, 1.807) is 0 Å². The van der Waals surface area contributed by atoms with Gasteiger partial charge in [0, 0.05) is 18.3 Å². The number of sulfonamides is 1. The normalized spacial score (nSPS) is 10.7. The summed E-state index contributed by atoms with van der Waals surface area (Å²) >= 11 is 0. The lowest BCUT2D eigenvalue weighted by atomic mass is 10.2. The van der Waals surface area contributed by atoms with Crippen molar-refractivity contribution in [1.82, 2.24) is 0 Å². The third kappa shape index (κ3) is 6.20. The summed E-state index contributed by atoms with van der Waals surface area (Å²) in [7, 11) is -3.90. The van der Waals surface area contributed by atoms with Crippen LogP contribution >= 0.6 is 0 Å². The summed E-state index contributed by atoms with van der Waals surface area (Å²) in [5.74, 6) is -1.61. The van der Waals surface area contributed by atoms with E-state index < -0.39 is 28.5 Å². The molecule has 0 aliphatic rings. The minimum atomic E-state index is -3.90. The Hall–Kier alpha value is -3.24. The van der Waals surface area contributed by atoms with E-state index in [0.717, 1.165) is 0 Å². The number of hydrogen-bond donors (Lipinski definition) is 3. The van der Waals surface area contributed by atoms with E-state index in [1.807, 2.05) is 0 Å². The molecule has 0 bridgehead atoms. The molecule has 0 saturated heterocycles. The zero-order valence-electron chi connectivity index (χ0n) is 14.3. The van der Waals surface area contributed by atoms with E-state index >= 15 is 0 Å². The van der Waals surface area contributed by atoms with Crippen molar-refractivity contribution >= 4 is 39.2 Å². The van der Waals surface area contributed by atoms with Crippen LogP contribution < -0.4 is 15.8 Å². The Morgan fingerprint density at radius 3 is 2.26 bits per heavy atom. The molecule has 0 aromatic heterocycles. The van der Waals surface area contributed by atoms with Gasteiger partial charge in [0.1, 0.15) is 0 Å². The summed E-state index contributed by atoms with van der Waals surface area (Å²) in [5, 5.41) is 9.99. The van der Waals surface area contributed by atoms with Crippen LogP contribution in [0.4, 0.5) is 11.4 Å². The van der Waals surface area contributed by atoms with Crippen LogP contribution in [-0.4, -0.2) is 32.8 Å². The van der Waals surface area contributed by atoms with Crippen molar-refractivity contribution in [2.75, 3.05) is 17.2 Å². The van der Waals surface area contributed by atoms with Gasteiger partial charge in [-0.3, -0.25) is 9.59 Å². The second-order valence-corrected chi connectivity index (χ2v) is 7.02. The van der Waals surface area contributed by atoms with Crippen molar-refractivity contribution in [2.45, 2.75) is 11.8 Å². The first kappa shape index (κ1) is 20.1. The number of carbonyl (C=O) groups is 3. The summed E-state index contributed by atoms with van der Waals surface area (Å²) in [5.41, 5.74) is 0.918. The van der Waals surface area contributed by atoms with Crippen LogP contribution in [0.1, 0.15) is 17.3 Å². The molecular formula is C17H17N3O6S. The molecule has 9 nitrogen and oxygen atoms in total. The molecule has 2 aromatic rings. The molecule has 10 heteroatoms. The van der Waals surface area contributed by atoms with Gasteiger partial charge in [-0.25, -0.2) is 18.4 Å². The van der Waals surface area contributed by atoms with E-state index in [-0.39, 0.29) is 22.1 Å². The highest BCUT2D eigenvalue weighted by Crippen LogP contribution is 2.14. The lowest BCUT2D eigenvalue weighted by Crippen LogP contribution is -2.21. The molecule has 0 saturated carbocycles. The van der Waals surface area contributed by atoms with E-state index in [9.17, 15) is 22.8 Å². The maximum atomic E-state index is 11.9. The average Bonchev–Trinajstić information content (AvgIpc) is 2.59. The van der Waals surface area contributed by atoms with Gasteiger partial charge in [-0.1, -0.05) is 6.07 Å². The zero-order chi connectivity index (χ0) is 20.0. The minimum absolute atomic E-state index is 0.156. The van der Waals surface area contributed by atoms with Crippen molar-refractivity contribution in [2.24, 2.45) is 5.14 Å². The molecular weight excluding hydrogens is 374 g/mol.